The molecule has 0 aliphatic carbocycles. The van der Waals surface area contributed by atoms with Crippen LogP contribution in [0.15, 0.2) is 47.5 Å². The van der Waals surface area contributed by atoms with Crippen LogP contribution < -0.4 is 0 Å². The third-order valence-electron chi connectivity index (χ3n) is 4.60. The lowest BCUT2D eigenvalue weighted by Gasteiger charge is -2.11. The smallest absolute Gasteiger partial charge is 0.337 e. The molecule has 0 saturated carbocycles. The summed E-state index contributed by atoms with van der Waals surface area (Å²) in [4.78, 5) is 16.0. The number of halogens is 1. The molecule has 2 aromatic carbocycles. The Bertz CT molecular complexity index is 1060. The monoisotopic (exact) mass is 380 g/mol. The second kappa shape index (κ2) is 7.41. The zero-order valence-electron chi connectivity index (χ0n) is 15.7. The molecule has 138 valence electrons. The molecule has 0 atom stereocenters. The second-order valence-electron chi connectivity index (χ2n) is 6.68. The average molecular weight is 381 g/mol. The Balaban J connectivity index is 2.02. The first kappa shape index (κ1) is 18.9. The van der Waals surface area contributed by atoms with Crippen LogP contribution >= 0.6 is 11.6 Å². The number of aromatic carboxylic acids is 1. The summed E-state index contributed by atoms with van der Waals surface area (Å²) >= 11 is 6.00. The summed E-state index contributed by atoms with van der Waals surface area (Å²) in [5, 5.41) is 9.55. The lowest BCUT2D eigenvalue weighted by atomic mass is 10.1. The van der Waals surface area contributed by atoms with Crippen LogP contribution in [-0.2, 0) is 0 Å². The van der Waals surface area contributed by atoms with Crippen LogP contribution in [0.2, 0.25) is 5.02 Å². The fourth-order valence-corrected chi connectivity index (χ4v) is 3.42. The molecule has 3 rings (SSSR count). The molecule has 4 nitrogen and oxygen atoms in total. The first-order valence-corrected chi connectivity index (χ1v) is 8.99. The van der Waals surface area contributed by atoms with Crippen LogP contribution in [-0.4, -0.2) is 21.9 Å². The third kappa shape index (κ3) is 3.81. The van der Waals surface area contributed by atoms with Crippen molar-refractivity contribution in [3.05, 3.63) is 81.1 Å². The summed E-state index contributed by atoms with van der Waals surface area (Å²) in [5.41, 5.74) is 7.09. The number of carboxylic acid groups (broad SMARTS) is 1. The maximum atomic E-state index is 11.4. The van der Waals surface area contributed by atoms with Crippen molar-refractivity contribution in [3.63, 3.8) is 0 Å². The average Bonchev–Trinajstić information content (AvgIpc) is 2.88. The van der Waals surface area contributed by atoms with Gasteiger partial charge >= 0.3 is 5.97 Å². The predicted molar refractivity (Wildman–Crippen MR) is 110 cm³/mol. The Morgan fingerprint density at radius 2 is 1.81 bits per heavy atom. The van der Waals surface area contributed by atoms with Crippen LogP contribution in [0.5, 0.6) is 0 Å². The Labute approximate surface area is 163 Å². The number of carbonyl (C=O) groups is 1. The van der Waals surface area contributed by atoms with Crippen molar-refractivity contribution in [3.8, 4) is 5.69 Å². The topological polar surface area (TPSA) is 54.6 Å². The van der Waals surface area contributed by atoms with Crippen LogP contribution in [0.1, 0.15) is 38.4 Å². The van der Waals surface area contributed by atoms with Crippen LogP contribution in [0.3, 0.4) is 0 Å². The van der Waals surface area contributed by atoms with Gasteiger partial charge in [0.05, 0.1) is 16.3 Å². The van der Waals surface area contributed by atoms with Gasteiger partial charge in [-0.05, 0) is 63.6 Å². The number of nitrogens with zero attached hydrogens (tertiary/aromatic N) is 2. The third-order valence-corrected chi connectivity index (χ3v) is 4.93. The van der Waals surface area contributed by atoms with Gasteiger partial charge in [0.2, 0.25) is 0 Å². The molecule has 0 fully saturated rings. The molecule has 0 unspecified atom stereocenters. The van der Waals surface area contributed by atoms with E-state index in [9.17, 15) is 9.90 Å². The van der Waals surface area contributed by atoms with Gasteiger partial charge in [-0.1, -0.05) is 29.3 Å². The van der Waals surface area contributed by atoms with Gasteiger partial charge in [-0.3, -0.25) is 4.99 Å². The highest BCUT2D eigenvalue weighted by molar-refractivity contribution is 6.33. The molecule has 1 heterocycles. The van der Waals surface area contributed by atoms with Crippen LogP contribution in [0.25, 0.3) is 5.69 Å². The van der Waals surface area contributed by atoms with E-state index in [1.54, 1.807) is 12.1 Å². The number of aromatic nitrogens is 1. The van der Waals surface area contributed by atoms with E-state index >= 15 is 0 Å². The van der Waals surface area contributed by atoms with Gasteiger partial charge in [-0.25, -0.2) is 4.79 Å². The van der Waals surface area contributed by atoms with E-state index in [4.69, 9.17) is 11.6 Å². The molecule has 3 aromatic rings. The lowest BCUT2D eigenvalue weighted by Crippen LogP contribution is -2.03. The summed E-state index contributed by atoms with van der Waals surface area (Å²) in [5.74, 6) is -1.04. The number of hydrogen-bond donors (Lipinski definition) is 1. The minimum absolute atomic E-state index is 0.0900. The highest BCUT2D eigenvalue weighted by Gasteiger charge is 2.14. The molecule has 0 spiro atoms. The molecule has 5 heteroatoms. The standard InChI is InChI=1S/C22H21ClN2O2/c1-13-5-8-21(14(2)9-13)24-12-17-10-15(3)25(16(17)4)18-6-7-20(23)19(11-18)22(26)27/h5-12H,1-4H3,(H,26,27). The molecule has 0 bridgehead atoms. The molecular weight excluding hydrogens is 360 g/mol. The van der Waals surface area contributed by atoms with Crippen molar-refractivity contribution in [2.24, 2.45) is 4.99 Å². The van der Waals surface area contributed by atoms with Crippen molar-refractivity contribution in [2.45, 2.75) is 27.7 Å². The van der Waals surface area contributed by atoms with E-state index in [1.165, 1.54) is 5.56 Å². The SMILES string of the molecule is Cc1ccc(N=Cc2cc(C)n(-c3ccc(Cl)c(C(=O)O)c3)c2C)c(C)c1. The summed E-state index contributed by atoms with van der Waals surface area (Å²) in [6.07, 6.45) is 1.85. The molecule has 1 N–H and O–H groups in total. The van der Waals surface area contributed by atoms with Gasteiger partial charge in [-0.2, -0.15) is 0 Å². The molecule has 0 radical (unpaired) electrons. The Kier molecular flexibility index (Phi) is 5.19. The number of rotatable bonds is 4. The van der Waals surface area contributed by atoms with E-state index in [1.807, 2.05) is 55.8 Å². The number of benzene rings is 2. The first-order valence-electron chi connectivity index (χ1n) is 8.61. The van der Waals surface area contributed by atoms with Crippen molar-refractivity contribution in [1.29, 1.82) is 0 Å². The Morgan fingerprint density at radius 3 is 2.48 bits per heavy atom. The molecule has 0 amide bonds. The van der Waals surface area contributed by atoms with Gasteiger partial charge in [0.1, 0.15) is 0 Å². The van der Waals surface area contributed by atoms with Gasteiger partial charge in [0, 0.05) is 28.9 Å². The Hall–Kier alpha value is -2.85. The summed E-state index contributed by atoms with van der Waals surface area (Å²) < 4.78 is 2.01. The number of aryl methyl sites for hydroxylation is 3. The van der Waals surface area contributed by atoms with E-state index < -0.39 is 5.97 Å². The Morgan fingerprint density at radius 1 is 1.07 bits per heavy atom. The molecule has 27 heavy (non-hydrogen) atoms. The molecule has 1 aromatic heterocycles. The zero-order chi connectivity index (χ0) is 19.7. The van der Waals surface area contributed by atoms with Gasteiger partial charge in [-0.15, -0.1) is 0 Å². The number of aliphatic imine (C=N–C) groups is 1. The maximum absolute atomic E-state index is 11.4. The summed E-state index contributed by atoms with van der Waals surface area (Å²) in [7, 11) is 0. The summed E-state index contributed by atoms with van der Waals surface area (Å²) in [6, 6.07) is 13.2. The molecule has 0 aliphatic heterocycles. The van der Waals surface area contributed by atoms with Gasteiger partial charge < -0.3 is 9.67 Å². The van der Waals surface area contributed by atoms with E-state index in [0.717, 1.165) is 33.9 Å². The summed E-state index contributed by atoms with van der Waals surface area (Å²) in [6.45, 7) is 8.08. The van der Waals surface area contributed by atoms with Crippen molar-refractivity contribution >= 4 is 29.5 Å². The predicted octanol–water partition coefficient (Wildman–Crippen LogP) is 5.81. The van der Waals surface area contributed by atoms with Gasteiger partial charge in [0.25, 0.3) is 0 Å². The lowest BCUT2D eigenvalue weighted by molar-refractivity contribution is 0.0697. The number of carboxylic acids is 1. The first-order chi connectivity index (χ1) is 12.8. The fourth-order valence-electron chi connectivity index (χ4n) is 3.22. The van der Waals surface area contributed by atoms with E-state index in [2.05, 4.69) is 18.0 Å². The zero-order valence-corrected chi connectivity index (χ0v) is 16.5. The van der Waals surface area contributed by atoms with Crippen molar-refractivity contribution < 1.29 is 9.90 Å². The minimum Gasteiger partial charge on any atom is -0.478 e. The van der Waals surface area contributed by atoms with E-state index in [-0.39, 0.29) is 10.6 Å². The largest absolute Gasteiger partial charge is 0.478 e. The maximum Gasteiger partial charge on any atom is 0.337 e. The van der Waals surface area contributed by atoms with Crippen molar-refractivity contribution in [2.75, 3.05) is 0 Å². The highest BCUT2D eigenvalue weighted by Crippen LogP contribution is 2.25. The number of hydrogen-bond acceptors (Lipinski definition) is 2. The molecular formula is C22H21ClN2O2. The molecule has 0 saturated heterocycles. The second-order valence-corrected chi connectivity index (χ2v) is 7.09. The quantitative estimate of drug-likeness (QED) is 0.580. The minimum atomic E-state index is -1.04. The van der Waals surface area contributed by atoms with Gasteiger partial charge in [0.15, 0.2) is 0 Å². The van der Waals surface area contributed by atoms with E-state index in [0.29, 0.717) is 0 Å². The fraction of sp³-hybridized carbons (Fsp3) is 0.182. The molecule has 0 aliphatic rings. The van der Waals surface area contributed by atoms with Crippen LogP contribution in [0, 0.1) is 27.7 Å². The van der Waals surface area contributed by atoms with Crippen molar-refractivity contribution in [1.82, 2.24) is 4.57 Å². The highest BCUT2D eigenvalue weighted by atomic mass is 35.5. The normalized spacial score (nSPS) is 11.3. The van der Waals surface area contributed by atoms with Crippen LogP contribution in [0.4, 0.5) is 5.69 Å².